The zero-order valence-electron chi connectivity index (χ0n) is 9.74. The minimum atomic E-state index is 0.286. The number of H-pyrrole nitrogens is 1. The number of phenolic OH excluding ortho intramolecular Hbond substituents is 1. The summed E-state index contributed by atoms with van der Waals surface area (Å²) in [5.74, 6) is 1.06. The number of nitrogens with one attached hydrogen (secondary N) is 1. The molecule has 1 heterocycles. The van der Waals surface area contributed by atoms with Crippen molar-refractivity contribution in [3.8, 4) is 17.1 Å². The van der Waals surface area contributed by atoms with Crippen molar-refractivity contribution in [2.24, 2.45) is 0 Å². The second-order valence-electron chi connectivity index (χ2n) is 4.20. The van der Waals surface area contributed by atoms with E-state index in [4.69, 9.17) is 0 Å². The molecule has 4 heteroatoms. The molecule has 1 aromatic heterocycles. The molecule has 0 radical (unpaired) electrons. The van der Waals surface area contributed by atoms with Crippen LogP contribution in [0.4, 0.5) is 0 Å². The van der Waals surface area contributed by atoms with E-state index >= 15 is 0 Å². The van der Waals surface area contributed by atoms with E-state index in [1.807, 2.05) is 37.3 Å². The summed E-state index contributed by atoms with van der Waals surface area (Å²) in [7, 11) is 0. The van der Waals surface area contributed by atoms with Crippen molar-refractivity contribution < 1.29 is 5.11 Å². The summed E-state index contributed by atoms with van der Waals surface area (Å²) in [5.41, 5.74) is 3.64. The maximum absolute atomic E-state index is 9.73. The van der Waals surface area contributed by atoms with E-state index < -0.39 is 0 Å². The van der Waals surface area contributed by atoms with Gasteiger partial charge in [0.25, 0.3) is 0 Å². The number of benzene rings is 2. The zero-order valence-corrected chi connectivity index (χ0v) is 11.3. The van der Waals surface area contributed by atoms with Gasteiger partial charge in [0.05, 0.1) is 11.0 Å². The molecule has 0 atom stereocenters. The van der Waals surface area contributed by atoms with Gasteiger partial charge in [-0.2, -0.15) is 0 Å². The van der Waals surface area contributed by atoms with E-state index in [1.165, 1.54) is 0 Å². The first kappa shape index (κ1) is 11.3. The molecule has 0 amide bonds. The molecule has 3 aromatic rings. The summed E-state index contributed by atoms with van der Waals surface area (Å²) in [6.45, 7) is 1.88. The average molecular weight is 303 g/mol. The van der Waals surface area contributed by atoms with E-state index in [-0.39, 0.29) is 5.75 Å². The molecule has 0 saturated heterocycles. The highest BCUT2D eigenvalue weighted by molar-refractivity contribution is 9.10. The molecule has 0 aliphatic heterocycles. The predicted molar refractivity (Wildman–Crippen MR) is 75.6 cm³/mol. The Kier molecular flexibility index (Phi) is 2.59. The molecule has 3 nitrogen and oxygen atoms in total. The summed E-state index contributed by atoms with van der Waals surface area (Å²) in [6.07, 6.45) is 0. The molecule has 0 aliphatic rings. The fourth-order valence-corrected chi connectivity index (χ4v) is 2.35. The third-order valence-electron chi connectivity index (χ3n) is 3.00. The molecule has 3 rings (SSSR count). The van der Waals surface area contributed by atoms with Crippen molar-refractivity contribution in [3.63, 3.8) is 0 Å². The highest BCUT2D eigenvalue weighted by atomic mass is 79.9. The maximum atomic E-state index is 9.73. The van der Waals surface area contributed by atoms with Crippen LogP contribution in [0.5, 0.6) is 5.75 Å². The zero-order chi connectivity index (χ0) is 12.7. The van der Waals surface area contributed by atoms with Crippen molar-refractivity contribution in [2.75, 3.05) is 0 Å². The number of hydrogen-bond donors (Lipinski definition) is 2. The molecule has 18 heavy (non-hydrogen) atoms. The normalized spacial score (nSPS) is 11.0. The first-order valence-corrected chi connectivity index (χ1v) is 6.38. The smallest absolute Gasteiger partial charge is 0.138 e. The summed E-state index contributed by atoms with van der Waals surface area (Å²) < 4.78 is 1.01. The number of imidazole rings is 1. The minimum absolute atomic E-state index is 0.286. The highest BCUT2D eigenvalue weighted by Crippen LogP contribution is 2.29. The Labute approximate surface area is 113 Å². The van der Waals surface area contributed by atoms with Crippen molar-refractivity contribution in [2.45, 2.75) is 6.92 Å². The number of hydrogen-bond acceptors (Lipinski definition) is 2. The van der Waals surface area contributed by atoms with Gasteiger partial charge >= 0.3 is 0 Å². The molecule has 2 aromatic carbocycles. The minimum Gasteiger partial charge on any atom is -0.508 e. The van der Waals surface area contributed by atoms with Gasteiger partial charge in [-0.15, -0.1) is 0 Å². The van der Waals surface area contributed by atoms with Gasteiger partial charge in [0, 0.05) is 15.6 Å². The molecule has 2 N–H and O–H groups in total. The molecule has 0 spiro atoms. The van der Waals surface area contributed by atoms with E-state index in [9.17, 15) is 5.11 Å². The number of aromatic amines is 1. The van der Waals surface area contributed by atoms with Crippen molar-refractivity contribution >= 4 is 27.0 Å². The van der Waals surface area contributed by atoms with Gasteiger partial charge in [0.2, 0.25) is 0 Å². The number of halogens is 1. The number of rotatable bonds is 1. The Morgan fingerprint density at radius 2 is 2.06 bits per heavy atom. The highest BCUT2D eigenvalue weighted by Gasteiger charge is 2.09. The van der Waals surface area contributed by atoms with E-state index in [1.54, 1.807) is 6.07 Å². The Hall–Kier alpha value is -1.81. The Morgan fingerprint density at radius 3 is 2.89 bits per heavy atom. The van der Waals surface area contributed by atoms with Gasteiger partial charge in [-0.1, -0.05) is 28.1 Å². The van der Waals surface area contributed by atoms with Crippen LogP contribution in [-0.4, -0.2) is 15.1 Å². The number of fused-ring (bicyclic) bond motifs is 1. The lowest BCUT2D eigenvalue weighted by Crippen LogP contribution is -1.85. The molecule has 0 fully saturated rings. The van der Waals surface area contributed by atoms with E-state index in [0.29, 0.717) is 0 Å². The van der Waals surface area contributed by atoms with Gasteiger partial charge in [-0.05, 0) is 31.2 Å². The van der Waals surface area contributed by atoms with Crippen LogP contribution in [0.1, 0.15) is 5.56 Å². The van der Waals surface area contributed by atoms with Gasteiger partial charge in [-0.3, -0.25) is 0 Å². The molecule has 0 unspecified atom stereocenters. The van der Waals surface area contributed by atoms with Crippen LogP contribution in [0, 0.1) is 6.92 Å². The lowest BCUT2D eigenvalue weighted by Gasteiger charge is -2.03. The molecule has 0 bridgehead atoms. The quantitative estimate of drug-likeness (QED) is 0.713. The first-order valence-electron chi connectivity index (χ1n) is 5.59. The van der Waals surface area contributed by atoms with Gasteiger partial charge < -0.3 is 10.1 Å². The van der Waals surface area contributed by atoms with Crippen LogP contribution in [0.2, 0.25) is 0 Å². The second-order valence-corrected chi connectivity index (χ2v) is 5.11. The summed E-state index contributed by atoms with van der Waals surface area (Å²) in [6, 6.07) is 11.4. The fourth-order valence-electron chi connectivity index (χ4n) is 1.99. The summed E-state index contributed by atoms with van der Waals surface area (Å²) in [5, 5.41) is 9.73. The molecular weight excluding hydrogens is 292 g/mol. The van der Waals surface area contributed by atoms with Crippen molar-refractivity contribution in [1.29, 1.82) is 0 Å². The van der Waals surface area contributed by atoms with Crippen LogP contribution >= 0.6 is 15.9 Å². The predicted octanol–water partition coefficient (Wildman–Crippen LogP) is 4.01. The van der Waals surface area contributed by atoms with Gasteiger partial charge in [0.15, 0.2) is 0 Å². The molecular formula is C14H11BrN2O. The maximum Gasteiger partial charge on any atom is 0.138 e. The van der Waals surface area contributed by atoms with Gasteiger partial charge in [-0.25, -0.2) is 4.98 Å². The standard InChI is InChI=1S/C14H11BrN2O/c1-8-10(3-2-4-13(8)18)14-16-11-6-5-9(15)7-12(11)17-14/h2-7,18H,1H3,(H,16,17). The Morgan fingerprint density at radius 1 is 1.22 bits per heavy atom. The third-order valence-corrected chi connectivity index (χ3v) is 3.50. The number of phenols is 1. The van der Waals surface area contributed by atoms with Crippen molar-refractivity contribution in [1.82, 2.24) is 9.97 Å². The third kappa shape index (κ3) is 1.78. The monoisotopic (exact) mass is 302 g/mol. The van der Waals surface area contributed by atoms with E-state index in [0.717, 1.165) is 32.5 Å². The van der Waals surface area contributed by atoms with Gasteiger partial charge in [0.1, 0.15) is 11.6 Å². The molecule has 0 aliphatic carbocycles. The lowest BCUT2D eigenvalue weighted by molar-refractivity contribution is 0.471. The SMILES string of the molecule is Cc1c(O)cccc1-c1nc2ccc(Br)cc2[nH]1. The second kappa shape index (κ2) is 4.14. The topological polar surface area (TPSA) is 48.9 Å². The number of aromatic nitrogens is 2. The van der Waals surface area contributed by atoms with Crippen LogP contribution < -0.4 is 0 Å². The van der Waals surface area contributed by atoms with Crippen LogP contribution in [0.15, 0.2) is 40.9 Å². The molecule has 90 valence electrons. The number of aromatic hydroxyl groups is 1. The largest absolute Gasteiger partial charge is 0.508 e. The number of nitrogens with zero attached hydrogens (tertiary/aromatic N) is 1. The van der Waals surface area contributed by atoms with Crippen molar-refractivity contribution in [3.05, 3.63) is 46.4 Å². The summed E-state index contributed by atoms with van der Waals surface area (Å²) in [4.78, 5) is 7.81. The Balaban J connectivity index is 2.22. The lowest BCUT2D eigenvalue weighted by atomic mass is 10.1. The van der Waals surface area contributed by atoms with Crippen LogP contribution in [0.3, 0.4) is 0 Å². The Bertz CT molecular complexity index is 734. The molecule has 0 saturated carbocycles. The van der Waals surface area contributed by atoms with E-state index in [2.05, 4.69) is 25.9 Å². The summed E-state index contributed by atoms with van der Waals surface area (Å²) >= 11 is 3.44. The van der Waals surface area contributed by atoms with Crippen LogP contribution in [-0.2, 0) is 0 Å². The fraction of sp³-hybridized carbons (Fsp3) is 0.0714. The first-order chi connectivity index (χ1) is 8.65. The van der Waals surface area contributed by atoms with Crippen LogP contribution in [0.25, 0.3) is 22.4 Å². The average Bonchev–Trinajstić information content (AvgIpc) is 2.75.